The number of hydrogen-bond acceptors (Lipinski definition) is 3. The molecule has 7 aromatic carbocycles. The Morgan fingerprint density at radius 2 is 0.543 bits per heavy atom. The molecule has 7 aromatic rings. The number of benzene rings is 7. The van der Waals surface area contributed by atoms with Gasteiger partial charge in [-0.05, 0) is 341 Å². The Hall–Kier alpha value is -6.00. The van der Waals surface area contributed by atoms with Crippen molar-refractivity contribution in [2.75, 3.05) is 14.7 Å². The minimum absolute atomic E-state index is 0.00176. The van der Waals surface area contributed by atoms with Crippen molar-refractivity contribution in [3.63, 3.8) is 0 Å². The summed E-state index contributed by atoms with van der Waals surface area (Å²) >= 11 is 0. The van der Waals surface area contributed by atoms with Crippen LogP contribution in [0.15, 0.2) is 36.4 Å². The van der Waals surface area contributed by atoms with Crippen molar-refractivity contribution in [3.05, 3.63) is 170 Å². The van der Waals surface area contributed by atoms with Crippen molar-refractivity contribution in [3.8, 4) is 0 Å². The maximum Gasteiger partial charge on any atom is 0.252 e. The summed E-state index contributed by atoms with van der Waals surface area (Å²) in [6.45, 7) is 56.1. The van der Waals surface area contributed by atoms with Crippen LogP contribution >= 0.6 is 0 Å². The summed E-state index contributed by atoms with van der Waals surface area (Å²) in [5, 5.41) is 0. The van der Waals surface area contributed by atoms with Gasteiger partial charge < -0.3 is 14.7 Å². The zero-order valence-corrected chi connectivity index (χ0v) is 47.4. The van der Waals surface area contributed by atoms with Crippen molar-refractivity contribution in [1.82, 2.24) is 0 Å². The van der Waals surface area contributed by atoms with Crippen LogP contribution in [0.25, 0.3) is 0 Å². The third-order valence-corrected chi connectivity index (χ3v) is 19.4. The van der Waals surface area contributed by atoms with Gasteiger partial charge in [0, 0.05) is 45.5 Å². The molecule has 0 fully saturated rings. The Morgan fingerprint density at radius 3 is 0.886 bits per heavy atom. The lowest BCUT2D eigenvalue weighted by atomic mass is 9.31. The van der Waals surface area contributed by atoms with Crippen molar-refractivity contribution >= 4 is 74.3 Å². The van der Waals surface area contributed by atoms with Crippen LogP contribution in [0.3, 0.4) is 0 Å². The molecule has 0 unspecified atom stereocenters. The summed E-state index contributed by atoms with van der Waals surface area (Å²) in [5.74, 6) is 0. The normalized spacial score (nSPS) is 12.8. The molecular formula is C66H78BN3. The van der Waals surface area contributed by atoms with Crippen LogP contribution in [0, 0.1) is 166 Å². The van der Waals surface area contributed by atoms with E-state index in [1.807, 2.05) is 0 Å². The molecule has 0 atom stereocenters. The summed E-state index contributed by atoms with van der Waals surface area (Å²) in [5.41, 5.74) is 48.0. The molecule has 0 saturated carbocycles. The van der Waals surface area contributed by atoms with E-state index in [0.717, 1.165) is 0 Å². The van der Waals surface area contributed by atoms with E-state index in [0.29, 0.717) is 0 Å². The van der Waals surface area contributed by atoms with E-state index in [1.54, 1.807) is 0 Å². The first-order valence-electron chi connectivity index (χ1n) is 25.8. The van der Waals surface area contributed by atoms with E-state index >= 15 is 0 Å². The molecule has 0 N–H and O–H groups in total. The monoisotopic (exact) mass is 924 g/mol. The summed E-state index contributed by atoms with van der Waals surface area (Å²) < 4.78 is 0. The molecule has 4 heteroatoms. The van der Waals surface area contributed by atoms with Gasteiger partial charge in [-0.15, -0.1) is 0 Å². The first-order chi connectivity index (χ1) is 32.8. The molecule has 0 radical (unpaired) electrons. The fourth-order valence-electron chi connectivity index (χ4n) is 12.6. The zero-order chi connectivity index (χ0) is 51.3. The maximum atomic E-state index is 2.73. The third-order valence-electron chi connectivity index (χ3n) is 19.4. The predicted molar refractivity (Wildman–Crippen MR) is 309 cm³/mol. The van der Waals surface area contributed by atoms with Gasteiger partial charge in [-0.1, -0.05) is 11.1 Å². The lowest BCUT2D eigenvalue weighted by Crippen LogP contribution is -2.63. The molecule has 0 aromatic heterocycles. The Bertz CT molecular complexity index is 3260. The Kier molecular flexibility index (Phi) is 11.8. The second-order valence-electron chi connectivity index (χ2n) is 22.2. The van der Waals surface area contributed by atoms with Crippen molar-refractivity contribution in [2.45, 2.75) is 166 Å². The van der Waals surface area contributed by atoms with Gasteiger partial charge >= 0.3 is 0 Å². The van der Waals surface area contributed by atoms with Crippen molar-refractivity contribution < 1.29 is 0 Å². The molecule has 0 bridgehead atoms. The zero-order valence-electron chi connectivity index (χ0n) is 47.4. The van der Waals surface area contributed by atoms with Crippen LogP contribution in [0.5, 0.6) is 0 Å². The van der Waals surface area contributed by atoms with E-state index in [1.165, 1.54) is 201 Å². The van der Waals surface area contributed by atoms with Crippen LogP contribution < -0.4 is 31.1 Å². The number of nitrogens with zero attached hydrogens (tertiary/aromatic N) is 3. The highest BCUT2D eigenvalue weighted by molar-refractivity contribution is 7.01. The first-order valence-corrected chi connectivity index (χ1v) is 25.8. The average Bonchev–Trinajstić information content (AvgIpc) is 3.33. The van der Waals surface area contributed by atoms with Crippen LogP contribution in [-0.2, 0) is 0 Å². The third kappa shape index (κ3) is 6.67. The largest absolute Gasteiger partial charge is 0.311 e. The lowest BCUT2D eigenvalue weighted by molar-refractivity contribution is 1.11. The number of fused-ring (bicyclic) bond motifs is 4. The standard InChI is InChI=1S/C66H78BN3/c1-31-25-56(47(17)39(9)35(31)5)68(57-26-32(2)36(6)40(10)48(57)18)55-29-60-64-61(30-55)70(59-28-34(4)38(8)42(12)50(59)20)66-54(24)46(16)44(14)52(22)63(66)67(64)62-51(21)43(13)45(15)53(23)65(62)69(60)58-27-33(3)37(7)41(11)49(58)19/h25-30H,1-24H3. The van der Waals surface area contributed by atoms with E-state index in [4.69, 9.17) is 0 Å². The minimum atomic E-state index is -0.00176. The molecule has 360 valence electrons. The van der Waals surface area contributed by atoms with E-state index in [2.05, 4.69) is 217 Å². The highest BCUT2D eigenvalue weighted by Crippen LogP contribution is 2.53. The lowest BCUT2D eigenvalue weighted by Gasteiger charge is -2.48. The molecular weight excluding hydrogens is 846 g/mol. The maximum absolute atomic E-state index is 2.73. The van der Waals surface area contributed by atoms with Crippen LogP contribution in [0.2, 0.25) is 0 Å². The molecule has 0 saturated heterocycles. The molecule has 0 aliphatic carbocycles. The van der Waals surface area contributed by atoms with Gasteiger partial charge in [-0.25, -0.2) is 0 Å². The highest BCUT2D eigenvalue weighted by atomic mass is 15.2. The predicted octanol–water partition coefficient (Wildman–Crippen LogP) is 16.6. The number of hydrogen-bond donors (Lipinski definition) is 0. The Balaban J connectivity index is 1.60. The fraction of sp³-hybridized carbons (Fsp3) is 0.364. The van der Waals surface area contributed by atoms with Gasteiger partial charge in [-0.3, -0.25) is 0 Å². The summed E-state index contributed by atoms with van der Waals surface area (Å²) in [6, 6.07) is 15.1. The van der Waals surface area contributed by atoms with E-state index in [9.17, 15) is 0 Å². The summed E-state index contributed by atoms with van der Waals surface area (Å²) in [7, 11) is 0. The van der Waals surface area contributed by atoms with Crippen molar-refractivity contribution in [1.29, 1.82) is 0 Å². The van der Waals surface area contributed by atoms with E-state index in [-0.39, 0.29) is 6.71 Å². The van der Waals surface area contributed by atoms with Gasteiger partial charge in [0.25, 0.3) is 6.71 Å². The second kappa shape index (κ2) is 16.8. The molecule has 2 aliphatic heterocycles. The van der Waals surface area contributed by atoms with Crippen LogP contribution in [0.1, 0.15) is 134 Å². The fourth-order valence-corrected chi connectivity index (χ4v) is 12.6. The molecule has 2 aliphatic rings. The molecule has 2 heterocycles. The van der Waals surface area contributed by atoms with Crippen molar-refractivity contribution in [2.24, 2.45) is 0 Å². The Morgan fingerprint density at radius 1 is 0.257 bits per heavy atom. The highest BCUT2D eigenvalue weighted by Gasteiger charge is 2.48. The summed E-state index contributed by atoms with van der Waals surface area (Å²) in [4.78, 5) is 8.11. The SMILES string of the molecule is Cc1cc(N(c2cc3c4c(c2)N(c2cc(C)c(C)c(C)c2C)c2c(C)c(C)c(C)c(C)c2B4c2c(C)c(C)c(C)c(C)c2N3c2cc(C)c(C)c(C)c2C)c2cc(C)c(C)c(C)c2C)c(C)c(C)c1C. The quantitative estimate of drug-likeness (QED) is 0.159. The number of anilines is 9. The molecule has 0 amide bonds. The average molecular weight is 924 g/mol. The molecule has 9 rings (SSSR count). The topological polar surface area (TPSA) is 9.72 Å². The van der Waals surface area contributed by atoms with E-state index < -0.39 is 0 Å². The molecule has 3 nitrogen and oxygen atoms in total. The van der Waals surface area contributed by atoms with Gasteiger partial charge in [0.2, 0.25) is 0 Å². The van der Waals surface area contributed by atoms with Crippen LogP contribution in [0.4, 0.5) is 51.2 Å². The number of aryl methyl sites for hydroxylation is 4. The minimum Gasteiger partial charge on any atom is -0.311 e. The number of rotatable bonds is 5. The van der Waals surface area contributed by atoms with Gasteiger partial charge in [-0.2, -0.15) is 0 Å². The van der Waals surface area contributed by atoms with Crippen LogP contribution in [-0.4, -0.2) is 6.71 Å². The van der Waals surface area contributed by atoms with Gasteiger partial charge in [0.15, 0.2) is 0 Å². The van der Waals surface area contributed by atoms with Gasteiger partial charge in [0.1, 0.15) is 0 Å². The molecule has 70 heavy (non-hydrogen) atoms. The molecule has 0 spiro atoms. The summed E-state index contributed by atoms with van der Waals surface area (Å²) in [6.07, 6.45) is 0. The first kappa shape index (κ1) is 49.0. The van der Waals surface area contributed by atoms with Gasteiger partial charge in [0.05, 0.1) is 5.69 Å². The smallest absolute Gasteiger partial charge is 0.252 e. The second-order valence-corrected chi connectivity index (χ2v) is 22.2. The Labute approximate surface area is 423 Å².